The smallest absolute Gasteiger partial charge is 0.176 e. The maximum Gasteiger partial charge on any atom is 0.176 e. The number of nitrogens with two attached hydrogens (primary N) is 1. The van der Waals surface area contributed by atoms with Crippen LogP contribution in [0.4, 0.5) is 5.82 Å². The Morgan fingerprint density at radius 3 is 2.90 bits per heavy atom. The normalized spacial score (nSPS) is 9.40. The Balaban J connectivity index is 3.04. The molecule has 0 spiro atoms. The van der Waals surface area contributed by atoms with Gasteiger partial charge in [-0.25, -0.2) is 4.98 Å². The Morgan fingerprint density at radius 2 is 2.40 bits per heavy atom. The molecule has 0 amide bonds. The van der Waals surface area contributed by atoms with E-state index in [0.717, 1.165) is 5.59 Å². The highest BCUT2D eigenvalue weighted by molar-refractivity contribution is 9.10. The molecule has 1 rings (SSSR count). The summed E-state index contributed by atoms with van der Waals surface area (Å²) in [6.07, 6.45) is 1.63. The Labute approximate surface area is 68.4 Å². The third-order valence-electron chi connectivity index (χ3n) is 1.07. The summed E-state index contributed by atoms with van der Waals surface area (Å²) in [5, 5.41) is 0. The Bertz CT molecular complexity index is 240. The largest absolute Gasteiger partial charge is 0.381 e. The predicted molar refractivity (Wildman–Crippen MR) is 45.4 cm³/mol. The van der Waals surface area contributed by atoms with E-state index < -0.39 is 0 Å². The molecule has 1 aromatic heterocycles. The van der Waals surface area contributed by atoms with E-state index in [1.54, 1.807) is 6.20 Å². The van der Waals surface area contributed by atoms with Gasteiger partial charge >= 0.3 is 0 Å². The molecule has 0 bridgehead atoms. The van der Waals surface area contributed by atoms with Gasteiger partial charge in [0.15, 0.2) is 13.1 Å². The average molecular weight is 199 g/mol. The zero-order valence-corrected chi connectivity index (χ0v) is 7.09. The summed E-state index contributed by atoms with van der Waals surface area (Å²) in [4.78, 5) is 7.95. The minimum atomic E-state index is 0.422. The molecule has 1 aromatic rings. The van der Waals surface area contributed by atoms with Crippen molar-refractivity contribution in [2.24, 2.45) is 0 Å². The van der Waals surface area contributed by atoms with Crippen LogP contribution < -0.4 is 11.3 Å². The fraction of sp³-hybridized carbons (Fsp3) is 0.200. The lowest BCUT2D eigenvalue weighted by Gasteiger charge is -1.97. The van der Waals surface area contributed by atoms with Crippen LogP contribution in [-0.4, -0.2) is 17.2 Å². The van der Waals surface area contributed by atoms with Gasteiger partial charge in [-0.1, -0.05) is 6.82 Å². The van der Waals surface area contributed by atoms with Crippen molar-refractivity contribution in [3.63, 3.8) is 0 Å². The van der Waals surface area contributed by atoms with Crippen molar-refractivity contribution in [2.45, 2.75) is 6.82 Å². The van der Waals surface area contributed by atoms with Crippen molar-refractivity contribution in [1.82, 2.24) is 9.97 Å². The van der Waals surface area contributed by atoms with E-state index in [0.29, 0.717) is 10.4 Å². The summed E-state index contributed by atoms with van der Waals surface area (Å²) in [6.45, 7) is 1.90. The summed E-state index contributed by atoms with van der Waals surface area (Å²) in [7, 11) is 1.86. The molecule has 51 valence electrons. The molecule has 0 aliphatic heterocycles. The zero-order valence-electron chi connectivity index (χ0n) is 5.50. The van der Waals surface area contributed by atoms with E-state index in [1.807, 2.05) is 14.1 Å². The van der Waals surface area contributed by atoms with Gasteiger partial charge in [-0.3, -0.25) is 4.98 Å². The van der Waals surface area contributed by atoms with Gasteiger partial charge in [0.1, 0.15) is 4.60 Å². The SMILES string of the molecule is C[B]c1cnc(N)c(Br)n1. The highest BCUT2D eigenvalue weighted by atomic mass is 79.9. The van der Waals surface area contributed by atoms with Gasteiger partial charge in [-0.05, 0) is 15.9 Å². The first-order chi connectivity index (χ1) is 4.74. The maximum absolute atomic E-state index is 5.41. The number of aromatic nitrogens is 2. The molecule has 0 aliphatic carbocycles. The topological polar surface area (TPSA) is 51.8 Å². The number of halogens is 1. The van der Waals surface area contributed by atoms with Crippen LogP contribution >= 0.6 is 15.9 Å². The molecule has 10 heavy (non-hydrogen) atoms. The third kappa shape index (κ3) is 1.47. The minimum absolute atomic E-state index is 0.422. The van der Waals surface area contributed by atoms with E-state index in [-0.39, 0.29) is 0 Å². The van der Waals surface area contributed by atoms with Gasteiger partial charge in [-0.2, -0.15) is 0 Å². The lowest BCUT2D eigenvalue weighted by molar-refractivity contribution is 1.21. The molecule has 0 saturated heterocycles. The molecule has 1 heterocycles. The van der Waals surface area contributed by atoms with Crippen molar-refractivity contribution in [2.75, 3.05) is 5.73 Å². The summed E-state index contributed by atoms with van der Waals surface area (Å²) < 4.78 is 0.600. The van der Waals surface area contributed by atoms with E-state index in [9.17, 15) is 0 Å². The van der Waals surface area contributed by atoms with Crippen LogP contribution in [0, 0.1) is 0 Å². The number of nitrogens with zero attached hydrogens (tertiary/aromatic N) is 2. The van der Waals surface area contributed by atoms with Crippen LogP contribution in [0.25, 0.3) is 0 Å². The highest BCUT2D eigenvalue weighted by Crippen LogP contribution is 2.08. The second kappa shape index (κ2) is 3.01. The van der Waals surface area contributed by atoms with Gasteiger partial charge in [0.2, 0.25) is 0 Å². The van der Waals surface area contributed by atoms with Crippen molar-refractivity contribution in [3.05, 3.63) is 10.8 Å². The predicted octanol–water partition coefficient (Wildman–Crippen LogP) is 0.199. The van der Waals surface area contributed by atoms with Gasteiger partial charge in [0.25, 0.3) is 0 Å². The van der Waals surface area contributed by atoms with E-state index in [2.05, 4.69) is 25.9 Å². The monoisotopic (exact) mass is 198 g/mol. The van der Waals surface area contributed by atoms with Gasteiger partial charge in [-0.15, -0.1) is 0 Å². The molecule has 0 unspecified atom stereocenters. The second-order valence-corrected chi connectivity index (χ2v) is 2.51. The second-order valence-electron chi connectivity index (χ2n) is 1.76. The molecule has 3 nitrogen and oxygen atoms in total. The van der Waals surface area contributed by atoms with Crippen molar-refractivity contribution in [3.8, 4) is 0 Å². The number of hydrogen-bond donors (Lipinski definition) is 1. The lowest BCUT2D eigenvalue weighted by atomic mass is 9.78. The summed E-state index contributed by atoms with van der Waals surface area (Å²) in [5.41, 5.74) is 6.23. The molecule has 0 aliphatic rings. The zero-order chi connectivity index (χ0) is 7.56. The first-order valence-corrected chi connectivity index (χ1v) is 3.60. The van der Waals surface area contributed by atoms with E-state index in [4.69, 9.17) is 5.73 Å². The first-order valence-electron chi connectivity index (χ1n) is 2.81. The number of rotatable bonds is 1. The maximum atomic E-state index is 5.41. The number of nitrogen functional groups attached to an aromatic ring is 1. The molecule has 1 radical (unpaired) electrons. The lowest BCUT2D eigenvalue weighted by Crippen LogP contribution is -2.17. The summed E-state index contributed by atoms with van der Waals surface area (Å²) >= 11 is 3.17. The first kappa shape index (κ1) is 7.53. The fourth-order valence-corrected chi connectivity index (χ4v) is 0.835. The van der Waals surface area contributed by atoms with Crippen LogP contribution in [0.2, 0.25) is 6.82 Å². The third-order valence-corrected chi connectivity index (χ3v) is 1.65. The Hall–Kier alpha value is -0.575. The minimum Gasteiger partial charge on any atom is -0.381 e. The van der Waals surface area contributed by atoms with Crippen molar-refractivity contribution in [1.29, 1.82) is 0 Å². The van der Waals surface area contributed by atoms with Crippen molar-refractivity contribution >= 4 is 34.6 Å². The molecular formula is C5H6BBrN3. The summed E-state index contributed by atoms with van der Waals surface area (Å²) in [5.74, 6) is 0.422. The Morgan fingerprint density at radius 1 is 1.70 bits per heavy atom. The quantitative estimate of drug-likeness (QED) is 0.657. The van der Waals surface area contributed by atoms with Crippen LogP contribution in [0.3, 0.4) is 0 Å². The van der Waals surface area contributed by atoms with Crippen LogP contribution in [0.5, 0.6) is 0 Å². The van der Waals surface area contributed by atoms with Gasteiger partial charge in [0.05, 0.1) is 0 Å². The van der Waals surface area contributed by atoms with Gasteiger partial charge < -0.3 is 5.73 Å². The molecule has 0 aromatic carbocycles. The molecule has 0 saturated carbocycles. The fourth-order valence-electron chi connectivity index (χ4n) is 0.528. The van der Waals surface area contributed by atoms with Crippen LogP contribution in [-0.2, 0) is 0 Å². The van der Waals surface area contributed by atoms with E-state index in [1.165, 1.54) is 0 Å². The highest BCUT2D eigenvalue weighted by Gasteiger charge is 1.98. The Kier molecular flexibility index (Phi) is 2.27. The van der Waals surface area contributed by atoms with Crippen LogP contribution in [0.1, 0.15) is 0 Å². The molecule has 5 heteroatoms. The van der Waals surface area contributed by atoms with Crippen molar-refractivity contribution < 1.29 is 0 Å². The molecular weight excluding hydrogens is 193 g/mol. The van der Waals surface area contributed by atoms with Gasteiger partial charge in [0, 0.05) is 11.8 Å². The molecule has 0 fully saturated rings. The molecule has 0 atom stereocenters. The van der Waals surface area contributed by atoms with E-state index >= 15 is 0 Å². The molecule has 2 N–H and O–H groups in total. The summed E-state index contributed by atoms with van der Waals surface area (Å²) in [6, 6.07) is 0. The van der Waals surface area contributed by atoms with Crippen LogP contribution in [0.15, 0.2) is 10.8 Å². The standard InChI is InChI=1S/C5H6BBrN3/c1-6-3-2-9-5(8)4(7)10-3/h2H,1H3,(H2,8,9). The average Bonchev–Trinajstić information content (AvgIpc) is 1.95. The number of anilines is 1. The number of hydrogen-bond acceptors (Lipinski definition) is 3.